The van der Waals surface area contributed by atoms with E-state index in [1.807, 2.05) is 20.8 Å². The molecule has 198 valence electrons. The van der Waals surface area contributed by atoms with Gasteiger partial charge in [-0.1, -0.05) is 20.3 Å². The average molecular weight is 502 g/mol. The highest BCUT2D eigenvalue weighted by Crippen LogP contribution is 2.64. The number of benzene rings is 1. The minimum Gasteiger partial charge on any atom is -0.494 e. The zero-order valence-corrected chi connectivity index (χ0v) is 21.7. The highest BCUT2D eigenvalue weighted by Gasteiger charge is 2.78. The lowest BCUT2D eigenvalue weighted by atomic mass is 9.65. The number of ether oxygens (including phenoxy) is 2. The second-order valence-corrected chi connectivity index (χ2v) is 10.2. The molecule has 3 fully saturated rings. The van der Waals surface area contributed by atoms with Gasteiger partial charge in [0.25, 0.3) is 0 Å². The van der Waals surface area contributed by atoms with Crippen molar-refractivity contribution < 1.29 is 29.0 Å². The minimum absolute atomic E-state index is 0.279. The molecule has 4 rings (SSSR count). The van der Waals surface area contributed by atoms with Gasteiger partial charge < -0.3 is 30.1 Å². The van der Waals surface area contributed by atoms with E-state index in [1.54, 1.807) is 31.2 Å². The molecular weight excluding hydrogens is 462 g/mol. The summed E-state index contributed by atoms with van der Waals surface area (Å²) in [5, 5.41) is 15.9. The number of rotatable bonds is 11. The molecule has 3 N–H and O–H groups in total. The van der Waals surface area contributed by atoms with Gasteiger partial charge in [0.1, 0.15) is 17.4 Å². The Hall–Kier alpha value is -2.65. The third-order valence-corrected chi connectivity index (χ3v) is 8.15. The van der Waals surface area contributed by atoms with Crippen molar-refractivity contribution in [1.82, 2.24) is 10.2 Å². The molecule has 36 heavy (non-hydrogen) atoms. The standard InChI is InChI=1S/C27H39N3O6/c1-5-8-15-28-24(33)22-27-14-13-26(6-2,36-27)20(21(27)25(34)30(22)17(4)16-31)23(32)29-18-9-11-19(12-10-18)35-7-3/h9-12,17,20-22,31H,5-8,13-16H2,1-4H3,(H,28,33)(H,29,32)/t17-,20-,21+,22?,26+,27?/m1/s1. The molecule has 3 aliphatic heterocycles. The summed E-state index contributed by atoms with van der Waals surface area (Å²) in [5.41, 5.74) is -1.30. The molecule has 2 unspecified atom stereocenters. The van der Waals surface area contributed by atoms with Gasteiger partial charge in [-0.3, -0.25) is 14.4 Å². The van der Waals surface area contributed by atoms with Gasteiger partial charge in [-0.2, -0.15) is 0 Å². The summed E-state index contributed by atoms with van der Waals surface area (Å²) in [7, 11) is 0. The van der Waals surface area contributed by atoms with Gasteiger partial charge in [0.05, 0.1) is 36.7 Å². The molecule has 3 amide bonds. The van der Waals surface area contributed by atoms with Crippen molar-refractivity contribution in [1.29, 1.82) is 0 Å². The molecule has 0 aromatic heterocycles. The van der Waals surface area contributed by atoms with Crippen molar-refractivity contribution in [3.63, 3.8) is 0 Å². The number of aliphatic hydroxyl groups excluding tert-OH is 1. The van der Waals surface area contributed by atoms with E-state index in [2.05, 4.69) is 10.6 Å². The van der Waals surface area contributed by atoms with Gasteiger partial charge in [-0.05, 0) is 63.8 Å². The van der Waals surface area contributed by atoms with Crippen LogP contribution in [0.4, 0.5) is 5.69 Å². The molecule has 0 saturated carbocycles. The predicted octanol–water partition coefficient (Wildman–Crippen LogP) is 2.48. The van der Waals surface area contributed by atoms with E-state index in [9.17, 15) is 19.5 Å². The van der Waals surface area contributed by atoms with Crippen LogP contribution in [0.3, 0.4) is 0 Å². The monoisotopic (exact) mass is 501 g/mol. The summed E-state index contributed by atoms with van der Waals surface area (Å²) in [4.78, 5) is 42.6. The molecule has 0 aliphatic carbocycles. The predicted molar refractivity (Wildman–Crippen MR) is 134 cm³/mol. The molecule has 3 heterocycles. The van der Waals surface area contributed by atoms with Gasteiger partial charge in [0.2, 0.25) is 17.7 Å². The number of hydrogen-bond donors (Lipinski definition) is 3. The molecule has 9 heteroatoms. The maximum atomic E-state index is 13.9. The highest BCUT2D eigenvalue weighted by atomic mass is 16.5. The van der Waals surface area contributed by atoms with Gasteiger partial charge in [-0.15, -0.1) is 0 Å². The molecule has 9 nitrogen and oxygen atoms in total. The quantitative estimate of drug-likeness (QED) is 0.401. The maximum absolute atomic E-state index is 13.9. The molecule has 2 bridgehead atoms. The molecular formula is C27H39N3O6. The van der Waals surface area contributed by atoms with Crippen molar-refractivity contribution in [2.75, 3.05) is 25.1 Å². The smallest absolute Gasteiger partial charge is 0.245 e. The van der Waals surface area contributed by atoms with Gasteiger partial charge in [-0.25, -0.2) is 0 Å². The number of unbranched alkanes of at least 4 members (excludes halogenated alkanes) is 1. The molecule has 1 aromatic carbocycles. The number of anilines is 1. The van der Waals surface area contributed by atoms with Crippen LogP contribution in [-0.4, -0.2) is 70.8 Å². The summed E-state index contributed by atoms with van der Waals surface area (Å²) in [6.45, 7) is 8.40. The first-order valence-electron chi connectivity index (χ1n) is 13.2. The number of aliphatic hydroxyl groups is 1. The lowest BCUT2D eigenvalue weighted by molar-refractivity contribution is -0.149. The largest absolute Gasteiger partial charge is 0.494 e. The first kappa shape index (κ1) is 26.4. The van der Waals surface area contributed by atoms with E-state index < -0.39 is 35.1 Å². The SMILES string of the molecule is CCCCNC(=O)C1N([C@H](C)CO)C(=O)[C@@H]2[C@H](C(=O)Nc3ccc(OCC)cc3)[C@]3(CC)CCC12O3. The van der Waals surface area contributed by atoms with Gasteiger partial charge in [0, 0.05) is 12.2 Å². The van der Waals surface area contributed by atoms with Crippen molar-refractivity contribution in [2.24, 2.45) is 11.8 Å². The van der Waals surface area contributed by atoms with Crippen molar-refractivity contribution in [3.05, 3.63) is 24.3 Å². The van der Waals surface area contributed by atoms with Gasteiger partial charge >= 0.3 is 0 Å². The molecule has 3 saturated heterocycles. The average Bonchev–Trinajstić information content (AvgIpc) is 3.48. The molecule has 0 radical (unpaired) electrons. The normalized spacial score (nSPS) is 31.3. The second kappa shape index (κ2) is 10.4. The lowest BCUT2D eigenvalue weighted by Crippen LogP contribution is -2.57. The first-order valence-corrected chi connectivity index (χ1v) is 13.2. The summed E-state index contributed by atoms with van der Waals surface area (Å²) in [6.07, 6.45) is 3.42. The van der Waals surface area contributed by atoms with Gasteiger partial charge in [0.15, 0.2) is 0 Å². The third kappa shape index (κ3) is 4.16. The lowest BCUT2D eigenvalue weighted by Gasteiger charge is -2.36. The summed E-state index contributed by atoms with van der Waals surface area (Å²) in [5.74, 6) is -1.68. The van der Waals surface area contributed by atoms with E-state index in [0.29, 0.717) is 43.9 Å². The number of nitrogens with one attached hydrogen (secondary N) is 2. The number of amides is 3. The second-order valence-electron chi connectivity index (χ2n) is 10.2. The Bertz CT molecular complexity index is 984. The molecule has 1 aromatic rings. The van der Waals surface area contributed by atoms with Crippen molar-refractivity contribution >= 4 is 23.4 Å². The van der Waals surface area contributed by atoms with Crippen LogP contribution in [0.25, 0.3) is 0 Å². The Morgan fingerprint density at radius 1 is 1.19 bits per heavy atom. The van der Waals surface area contributed by atoms with E-state index in [-0.39, 0.29) is 24.3 Å². The Morgan fingerprint density at radius 2 is 1.92 bits per heavy atom. The summed E-state index contributed by atoms with van der Waals surface area (Å²) >= 11 is 0. The Balaban J connectivity index is 1.67. The van der Waals surface area contributed by atoms with Crippen molar-refractivity contribution in [3.8, 4) is 5.75 Å². The number of likely N-dealkylation sites (tertiary alicyclic amines) is 1. The molecule has 3 aliphatic rings. The maximum Gasteiger partial charge on any atom is 0.245 e. The number of carbonyl (C=O) groups is 3. The van der Waals surface area contributed by atoms with Crippen LogP contribution in [0, 0.1) is 11.8 Å². The highest BCUT2D eigenvalue weighted by molar-refractivity contribution is 6.02. The number of nitrogens with zero attached hydrogens (tertiary/aromatic N) is 1. The number of fused-ring (bicyclic) bond motifs is 1. The minimum atomic E-state index is -1.09. The Morgan fingerprint density at radius 3 is 2.53 bits per heavy atom. The van der Waals surface area contributed by atoms with E-state index in [0.717, 1.165) is 12.8 Å². The fourth-order valence-corrected chi connectivity index (χ4v) is 6.42. The fraction of sp³-hybridized carbons (Fsp3) is 0.667. The zero-order chi connectivity index (χ0) is 26.1. The Labute approximate surface area is 212 Å². The summed E-state index contributed by atoms with van der Waals surface area (Å²) in [6, 6.07) is 5.66. The third-order valence-electron chi connectivity index (χ3n) is 8.15. The van der Waals surface area contributed by atoms with Crippen LogP contribution in [0.5, 0.6) is 5.75 Å². The van der Waals surface area contributed by atoms with Crippen LogP contribution in [0.1, 0.15) is 59.8 Å². The van der Waals surface area contributed by atoms with Crippen LogP contribution in [0.15, 0.2) is 24.3 Å². The zero-order valence-electron chi connectivity index (χ0n) is 21.7. The van der Waals surface area contributed by atoms with Crippen LogP contribution < -0.4 is 15.4 Å². The number of carbonyl (C=O) groups excluding carboxylic acids is 3. The van der Waals surface area contributed by atoms with Crippen LogP contribution >= 0.6 is 0 Å². The van der Waals surface area contributed by atoms with E-state index >= 15 is 0 Å². The van der Waals surface area contributed by atoms with Crippen molar-refractivity contribution in [2.45, 2.75) is 83.1 Å². The van der Waals surface area contributed by atoms with Crippen LogP contribution in [-0.2, 0) is 19.1 Å². The van der Waals surface area contributed by atoms with E-state index in [1.165, 1.54) is 4.90 Å². The molecule has 1 spiro atoms. The first-order chi connectivity index (χ1) is 17.3. The van der Waals surface area contributed by atoms with E-state index in [4.69, 9.17) is 9.47 Å². The number of hydrogen-bond acceptors (Lipinski definition) is 6. The topological polar surface area (TPSA) is 117 Å². The Kier molecular flexibility index (Phi) is 7.61. The fourth-order valence-electron chi connectivity index (χ4n) is 6.42. The summed E-state index contributed by atoms with van der Waals surface area (Å²) < 4.78 is 12.2. The molecule has 6 atom stereocenters. The van der Waals surface area contributed by atoms with Crippen LogP contribution in [0.2, 0.25) is 0 Å².